The van der Waals surface area contributed by atoms with Gasteiger partial charge in [-0.15, -0.1) is 0 Å². The van der Waals surface area contributed by atoms with Crippen molar-refractivity contribution < 1.29 is 0 Å². The summed E-state index contributed by atoms with van der Waals surface area (Å²) >= 11 is 1.75. The van der Waals surface area contributed by atoms with E-state index in [0.717, 1.165) is 12.5 Å². The van der Waals surface area contributed by atoms with Crippen LogP contribution < -0.4 is 5.73 Å². The Morgan fingerprint density at radius 3 is 2.56 bits per heavy atom. The number of likely N-dealkylation sites (N-methyl/N-ethyl adjacent to an activating group) is 1. The van der Waals surface area contributed by atoms with Gasteiger partial charge in [-0.1, -0.05) is 20.3 Å². The summed E-state index contributed by atoms with van der Waals surface area (Å²) in [5, 5.41) is 4.34. The molecule has 0 radical (unpaired) electrons. The van der Waals surface area contributed by atoms with Gasteiger partial charge in [0.2, 0.25) is 0 Å². The quantitative estimate of drug-likeness (QED) is 0.828. The van der Waals surface area contributed by atoms with Gasteiger partial charge in [-0.2, -0.15) is 11.3 Å². The molecule has 2 nitrogen and oxygen atoms in total. The van der Waals surface area contributed by atoms with Gasteiger partial charge in [0.1, 0.15) is 0 Å². The van der Waals surface area contributed by atoms with E-state index in [9.17, 15) is 0 Å². The Balaban J connectivity index is 2.71. The molecule has 2 N–H and O–H groups in total. The lowest BCUT2D eigenvalue weighted by Gasteiger charge is -2.32. The van der Waals surface area contributed by atoms with E-state index in [2.05, 4.69) is 49.5 Å². The number of nitrogens with two attached hydrogens (primary N) is 1. The van der Waals surface area contributed by atoms with Crippen molar-refractivity contribution in [3.8, 4) is 0 Å². The van der Waals surface area contributed by atoms with Crippen LogP contribution in [0.15, 0.2) is 16.8 Å². The first-order valence-corrected chi connectivity index (χ1v) is 6.98. The molecular formula is C13H24N2S. The molecule has 0 bridgehead atoms. The van der Waals surface area contributed by atoms with Crippen LogP contribution in [0.4, 0.5) is 0 Å². The van der Waals surface area contributed by atoms with Gasteiger partial charge in [0.05, 0.1) is 6.04 Å². The maximum absolute atomic E-state index is 6.11. The van der Waals surface area contributed by atoms with Crippen molar-refractivity contribution in [3.63, 3.8) is 0 Å². The number of nitrogens with zero attached hydrogens (tertiary/aromatic N) is 1. The van der Waals surface area contributed by atoms with E-state index in [1.54, 1.807) is 11.3 Å². The lowest BCUT2D eigenvalue weighted by atomic mass is 10.0. The van der Waals surface area contributed by atoms with Crippen molar-refractivity contribution >= 4 is 11.3 Å². The van der Waals surface area contributed by atoms with E-state index in [1.807, 2.05) is 0 Å². The van der Waals surface area contributed by atoms with Gasteiger partial charge in [0, 0.05) is 12.6 Å². The average molecular weight is 240 g/mol. The van der Waals surface area contributed by atoms with Gasteiger partial charge in [-0.3, -0.25) is 4.90 Å². The lowest BCUT2D eigenvalue weighted by Crippen LogP contribution is -2.39. The summed E-state index contributed by atoms with van der Waals surface area (Å²) in [4.78, 5) is 2.39. The first-order chi connectivity index (χ1) is 7.56. The van der Waals surface area contributed by atoms with Crippen LogP contribution in [0.1, 0.15) is 38.8 Å². The molecule has 3 heteroatoms. The molecule has 3 unspecified atom stereocenters. The van der Waals surface area contributed by atoms with Crippen LogP contribution in [-0.2, 0) is 0 Å². The molecule has 1 heterocycles. The fourth-order valence-electron chi connectivity index (χ4n) is 2.14. The van der Waals surface area contributed by atoms with E-state index in [4.69, 9.17) is 5.73 Å². The summed E-state index contributed by atoms with van der Waals surface area (Å²) < 4.78 is 0. The van der Waals surface area contributed by atoms with Crippen molar-refractivity contribution in [2.45, 2.75) is 39.3 Å². The standard InChI is InChI=1S/C13H24N2S/c1-5-10(2)8-15(4)13(11(3)14)12-6-7-16-9-12/h6-7,9-11,13H,5,8,14H2,1-4H3. The average Bonchev–Trinajstić information content (AvgIpc) is 2.70. The highest BCUT2D eigenvalue weighted by Gasteiger charge is 2.22. The smallest absolute Gasteiger partial charge is 0.0501 e. The van der Waals surface area contributed by atoms with Gasteiger partial charge in [-0.05, 0) is 42.3 Å². The van der Waals surface area contributed by atoms with Crippen molar-refractivity contribution in [1.82, 2.24) is 4.90 Å². The number of hydrogen-bond donors (Lipinski definition) is 1. The predicted molar refractivity (Wildman–Crippen MR) is 72.8 cm³/mol. The molecule has 0 aliphatic carbocycles. The molecule has 0 aromatic carbocycles. The largest absolute Gasteiger partial charge is 0.326 e. The van der Waals surface area contributed by atoms with Crippen molar-refractivity contribution in [1.29, 1.82) is 0 Å². The third-order valence-corrected chi connectivity index (χ3v) is 3.86. The van der Waals surface area contributed by atoms with Crippen LogP contribution in [0.3, 0.4) is 0 Å². The molecule has 0 aliphatic rings. The highest BCUT2D eigenvalue weighted by molar-refractivity contribution is 7.07. The minimum atomic E-state index is 0.170. The topological polar surface area (TPSA) is 29.3 Å². The Kier molecular flexibility index (Phi) is 5.46. The first kappa shape index (κ1) is 13.7. The van der Waals surface area contributed by atoms with Crippen molar-refractivity contribution in [2.24, 2.45) is 11.7 Å². The Bertz CT molecular complexity index is 282. The summed E-state index contributed by atoms with van der Waals surface area (Å²) in [5.74, 6) is 0.727. The Hall–Kier alpha value is -0.380. The molecule has 0 fully saturated rings. The summed E-state index contributed by atoms with van der Waals surface area (Å²) in [6.45, 7) is 7.74. The zero-order chi connectivity index (χ0) is 12.1. The van der Waals surface area contributed by atoms with E-state index >= 15 is 0 Å². The summed E-state index contributed by atoms with van der Waals surface area (Å²) in [6.07, 6.45) is 1.22. The molecule has 16 heavy (non-hydrogen) atoms. The van der Waals surface area contributed by atoms with Gasteiger partial charge in [-0.25, -0.2) is 0 Å². The van der Waals surface area contributed by atoms with Crippen LogP contribution in [0, 0.1) is 5.92 Å². The molecule has 3 atom stereocenters. The summed E-state index contributed by atoms with van der Waals surface area (Å²) in [5.41, 5.74) is 7.46. The van der Waals surface area contributed by atoms with E-state index in [-0.39, 0.29) is 6.04 Å². The molecule has 92 valence electrons. The maximum atomic E-state index is 6.11. The van der Waals surface area contributed by atoms with Crippen LogP contribution in [0.25, 0.3) is 0 Å². The minimum absolute atomic E-state index is 0.170. The summed E-state index contributed by atoms with van der Waals surface area (Å²) in [7, 11) is 2.18. The van der Waals surface area contributed by atoms with Gasteiger partial charge >= 0.3 is 0 Å². The van der Waals surface area contributed by atoms with E-state index in [0.29, 0.717) is 6.04 Å². The highest BCUT2D eigenvalue weighted by atomic mass is 32.1. The zero-order valence-electron chi connectivity index (χ0n) is 10.8. The molecule has 0 saturated carbocycles. The third kappa shape index (κ3) is 3.58. The van der Waals surface area contributed by atoms with Crippen LogP contribution in [0.2, 0.25) is 0 Å². The maximum Gasteiger partial charge on any atom is 0.0501 e. The summed E-state index contributed by atoms with van der Waals surface area (Å²) in [6, 6.07) is 2.70. The highest BCUT2D eigenvalue weighted by Crippen LogP contribution is 2.25. The zero-order valence-corrected chi connectivity index (χ0v) is 11.6. The van der Waals surface area contributed by atoms with Crippen LogP contribution >= 0.6 is 11.3 Å². The molecule has 1 rings (SSSR count). The second kappa shape index (κ2) is 6.38. The van der Waals surface area contributed by atoms with Gasteiger partial charge in [0.15, 0.2) is 0 Å². The lowest BCUT2D eigenvalue weighted by molar-refractivity contribution is 0.190. The fraction of sp³-hybridized carbons (Fsp3) is 0.692. The Labute approximate surface area is 103 Å². The molecule has 1 aromatic heterocycles. The molecule has 0 amide bonds. The third-order valence-electron chi connectivity index (χ3n) is 3.15. The minimum Gasteiger partial charge on any atom is -0.326 e. The first-order valence-electron chi connectivity index (χ1n) is 6.04. The number of hydrogen-bond acceptors (Lipinski definition) is 3. The molecule has 0 saturated heterocycles. The molecule has 0 aliphatic heterocycles. The Morgan fingerprint density at radius 2 is 2.12 bits per heavy atom. The molecule has 0 spiro atoms. The van der Waals surface area contributed by atoms with Crippen molar-refractivity contribution in [3.05, 3.63) is 22.4 Å². The monoisotopic (exact) mass is 240 g/mol. The second-order valence-corrected chi connectivity index (χ2v) is 5.59. The molecule has 1 aromatic rings. The Morgan fingerprint density at radius 1 is 1.44 bits per heavy atom. The second-order valence-electron chi connectivity index (χ2n) is 4.81. The van der Waals surface area contributed by atoms with Crippen LogP contribution in [0.5, 0.6) is 0 Å². The van der Waals surface area contributed by atoms with E-state index < -0.39 is 0 Å². The van der Waals surface area contributed by atoms with Crippen molar-refractivity contribution in [2.75, 3.05) is 13.6 Å². The SMILES string of the molecule is CCC(C)CN(C)C(c1ccsc1)C(C)N. The van der Waals surface area contributed by atoms with Gasteiger partial charge < -0.3 is 5.73 Å². The predicted octanol–water partition coefficient (Wildman–Crippen LogP) is 3.11. The normalized spacial score (nSPS) is 17.4. The number of rotatable bonds is 6. The fourth-order valence-corrected chi connectivity index (χ4v) is 2.83. The van der Waals surface area contributed by atoms with E-state index in [1.165, 1.54) is 12.0 Å². The van der Waals surface area contributed by atoms with Gasteiger partial charge in [0.25, 0.3) is 0 Å². The molecular weight excluding hydrogens is 216 g/mol. The number of thiophene rings is 1. The van der Waals surface area contributed by atoms with Crippen LogP contribution in [-0.4, -0.2) is 24.5 Å².